The third-order valence-electron chi connectivity index (χ3n) is 2.74. The lowest BCUT2D eigenvalue weighted by molar-refractivity contribution is 0.432. The first-order valence-corrected chi connectivity index (χ1v) is 5.52. The number of nitrogen functional groups attached to an aromatic ring is 1. The zero-order valence-electron chi connectivity index (χ0n) is 10.0. The Morgan fingerprint density at radius 1 is 1.26 bits per heavy atom. The Kier molecular flexibility index (Phi) is 2.52. The molecule has 0 unspecified atom stereocenters. The molecule has 2 aromatic heterocycles. The highest BCUT2D eigenvalue weighted by Gasteiger charge is 2.15. The second-order valence-corrected chi connectivity index (χ2v) is 4.00. The number of nitrogens with zero attached hydrogens (tertiary/aromatic N) is 4. The fraction of sp³-hybridized carbons (Fsp3) is 0.0833. The maximum absolute atomic E-state index is 12.8. The van der Waals surface area contributed by atoms with E-state index in [9.17, 15) is 4.39 Å². The fourth-order valence-corrected chi connectivity index (χ4v) is 1.66. The van der Waals surface area contributed by atoms with Crippen molar-refractivity contribution < 1.29 is 8.91 Å². The van der Waals surface area contributed by atoms with Crippen molar-refractivity contribution in [2.24, 2.45) is 7.05 Å². The number of nitrogens with two attached hydrogens (primary N) is 1. The SMILES string of the molecule is Cn1ncc(-c2nc(-c3ccc(F)cc3)no2)c1N. The Bertz CT molecular complexity index is 716. The van der Waals surface area contributed by atoms with Gasteiger partial charge in [-0.3, -0.25) is 4.68 Å². The van der Waals surface area contributed by atoms with Gasteiger partial charge in [0, 0.05) is 12.6 Å². The number of anilines is 1. The summed E-state index contributed by atoms with van der Waals surface area (Å²) in [5.41, 5.74) is 7.06. The normalized spacial score (nSPS) is 10.8. The predicted octanol–water partition coefficient (Wildman–Crippen LogP) is 1.86. The first kappa shape index (κ1) is 11.4. The van der Waals surface area contributed by atoms with Gasteiger partial charge in [0.1, 0.15) is 17.2 Å². The van der Waals surface area contributed by atoms with Crippen molar-refractivity contribution in [2.45, 2.75) is 0 Å². The molecule has 6 nitrogen and oxygen atoms in total. The van der Waals surface area contributed by atoms with Gasteiger partial charge >= 0.3 is 0 Å². The Morgan fingerprint density at radius 3 is 2.63 bits per heavy atom. The molecule has 7 heteroatoms. The summed E-state index contributed by atoms with van der Waals surface area (Å²) >= 11 is 0. The van der Waals surface area contributed by atoms with Crippen LogP contribution in [0, 0.1) is 5.82 Å². The number of halogens is 1. The molecule has 0 saturated heterocycles. The summed E-state index contributed by atoms with van der Waals surface area (Å²) in [6.45, 7) is 0. The molecule has 3 rings (SSSR count). The Hall–Kier alpha value is -2.70. The minimum Gasteiger partial charge on any atom is -0.383 e. The van der Waals surface area contributed by atoms with Crippen LogP contribution in [0.3, 0.4) is 0 Å². The maximum Gasteiger partial charge on any atom is 0.263 e. The van der Waals surface area contributed by atoms with Crippen molar-refractivity contribution in [3.05, 3.63) is 36.3 Å². The van der Waals surface area contributed by atoms with Gasteiger partial charge in [0.2, 0.25) is 5.82 Å². The molecular formula is C12H10FN5O. The molecule has 0 aliphatic carbocycles. The molecule has 0 spiro atoms. The van der Waals surface area contributed by atoms with Crippen molar-refractivity contribution in [1.82, 2.24) is 19.9 Å². The second kappa shape index (κ2) is 4.20. The largest absolute Gasteiger partial charge is 0.383 e. The highest BCUT2D eigenvalue weighted by Crippen LogP contribution is 2.25. The summed E-state index contributed by atoms with van der Waals surface area (Å²) in [6, 6.07) is 5.83. The smallest absolute Gasteiger partial charge is 0.263 e. The van der Waals surface area contributed by atoms with E-state index in [0.29, 0.717) is 22.8 Å². The van der Waals surface area contributed by atoms with Crippen LogP contribution in [0.15, 0.2) is 35.0 Å². The van der Waals surface area contributed by atoms with Crippen LogP contribution in [0.25, 0.3) is 22.8 Å². The average Bonchev–Trinajstić information content (AvgIpc) is 2.99. The third-order valence-corrected chi connectivity index (χ3v) is 2.74. The van der Waals surface area contributed by atoms with E-state index in [-0.39, 0.29) is 11.7 Å². The van der Waals surface area contributed by atoms with E-state index in [2.05, 4.69) is 15.2 Å². The highest BCUT2D eigenvalue weighted by molar-refractivity contribution is 5.68. The second-order valence-electron chi connectivity index (χ2n) is 4.00. The fourth-order valence-electron chi connectivity index (χ4n) is 1.66. The topological polar surface area (TPSA) is 82.8 Å². The van der Waals surface area contributed by atoms with Crippen molar-refractivity contribution in [3.63, 3.8) is 0 Å². The molecule has 0 amide bonds. The van der Waals surface area contributed by atoms with Crippen molar-refractivity contribution in [2.75, 3.05) is 5.73 Å². The number of benzene rings is 1. The molecule has 19 heavy (non-hydrogen) atoms. The molecule has 0 bridgehead atoms. The first-order chi connectivity index (χ1) is 9.15. The van der Waals surface area contributed by atoms with Crippen LogP contribution in [0.5, 0.6) is 0 Å². The van der Waals surface area contributed by atoms with Crippen LogP contribution < -0.4 is 5.73 Å². The Morgan fingerprint density at radius 2 is 2.00 bits per heavy atom. The standard InChI is InChI=1S/C12H10FN5O/c1-18-10(14)9(6-15-18)12-16-11(17-19-12)7-2-4-8(13)5-3-7/h2-6H,14H2,1H3. The summed E-state index contributed by atoms with van der Waals surface area (Å²) < 4.78 is 19.5. The van der Waals surface area contributed by atoms with E-state index in [4.69, 9.17) is 10.3 Å². The van der Waals surface area contributed by atoms with E-state index < -0.39 is 0 Å². The zero-order chi connectivity index (χ0) is 13.4. The Balaban J connectivity index is 2.00. The predicted molar refractivity (Wildman–Crippen MR) is 66.3 cm³/mol. The molecule has 1 aromatic carbocycles. The zero-order valence-corrected chi connectivity index (χ0v) is 10.0. The molecule has 2 heterocycles. The molecule has 0 fully saturated rings. The van der Waals surface area contributed by atoms with E-state index in [0.717, 1.165) is 0 Å². The van der Waals surface area contributed by atoms with Crippen molar-refractivity contribution >= 4 is 5.82 Å². The van der Waals surface area contributed by atoms with Gasteiger partial charge in [-0.1, -0.05) is 5.16 Å². The Labute approximate surface area is 107 Å². The van der Waals surface area contributed by atoms with Crippen LogP contribution in [0.1, 0.15) is 0 Å². The van der Waals surface area contributed by atoms with Crippen molar-refractivity contribution in [3.8, 4) is 22.8 Å². The number of rotatable bonds is 2. The van der Waals surface area contributed by atoms with Gasteiger partial charge in [-0.15, -0.1) is 0 Å². The number of hydrogen-bond donors (Lipinski definition) is 1. The van der Waals surface area contributed by atoms with E-state index in [1.807, 2.05) is 0 Å². The van der Waals surface area contributed by atoms with Crippen LogP contribution >= 0.6 is 0 Å². The van der Waals surface area contributed by atoms with E-state index >= 15 is 0 Å². The highest BCUT2D eigenvalue weighted by atomic mass is 19.1. The third kappa shape index (κ3) is 1.95. The summed E-state index contributed by atoms with van der Waals surface area (Å²) in [5, 5.41) is 7.84. The lowest BCUT2D eigenvalue weighted by Gasteiger charge is -1.94. The minimum atomic E-state index is -0.316. The molecule has 0 aliphatic heterocycles. The lowest BCUT2D eigenvalue weighted by atomic mass is 10.2. The van der Waals surface area contributed by atoms with Crippen molar-refractivity contribution in [1.29, 1.82) is 0 Å². The van der Waals surface area contributed by atoms with Gasteiger partial charge < -0.3 is 10.3 Å². The molecule has 96 valence electrons. The molecule has 2 N–H and O–H groups in total. The van der Waals surface area contributed by atoms with Gasteiger partial charge in [-0.2, -0.15) is 10.1 Å². The summed E-state index contributed by atoms with van der Waals surface area (Å²) in [4.78, 5) is 4.22. The molecular weight excluding hydrogens is 249 g/mol. The maximum atomic E-state index is 12.8. The quantitative estimate of drug-likeness (QED) is 0.759. The number of aryl methyl sites for hydroxylation is 1. The minimum absolute atomic E-state index is 0.282. The van der Waals surface area contributed by atoms with Crippen LogP contribution in [-0.4, -0.2) is 19.9 Å². The molecule has 3 aromatic rings. The monoisotopic (exact) mass is 259 g/mol. The lowest BCUT2D eigenvalue weighted by Crippen LogP contribution is -1.98. The summed E-state index contributed by atoms with van der Waals surface area (Å²) in [6.07, 6.45) is 1.55. The van der Waals surface area contributed by atoms with Crippen LogP contribution in [0.2, 0.25) is 0 Å². The molecule has 0 saturated carbocycles. The average molecular weight is 259 g/mol. The van der Waals surface area contributed by atoms with Crippen LogP contribution in [0.4, 0.5) is 10.2 Å². The van der Waals surface area contributed by atoms with Gasteiger partial charge in [0.25, 0.3) is 5.89 Å². The van der Waals surface area contributed by atoms with E-state index in [1.165, 1.54) is 16.8 Å². The van der Waals surface area contributed by atoms with Crippen LogP contribution in [-0.2, 0) is 7.05 Å². The summed E-state index contributed by atoms with van der Waals surface area (Å²) in [7, 11) is 1.72. The molecule has 0 radical (unpaired) electrons. The summed E-state index contributed by atoms with van der Waals surface area (Å²) in [5.74, 6) is 0.779. The first-order valence-electron chi connectivity index (χ1n) is 5.52. The van der Waals surface area contributed by atoms with Gasteiger partial charge in [0.15, 0.2) is 0 Å². The van der Waals surface area contributed by atoms with Gasteiger partial charge in [0.05, 0.1) is 6.20 Å². The number of hydrogen-bond acceptors (Lipinski definition) is 5. The van der Waals surface area contributed by atoms with Gasteiger partial charge in [-0.05, 0) is 24.3 Å². The molecule has 0 atom stereocenters. The number of aromatic nitrogens is 4. The van der Waals surface area contributed by atoms with Gasteiger partial charge in [-0.25, -0.2) is 4.39 Å². The van der Waals surface area contributed by atoms with E-state index in [1.54, 1.807) is 25.4 Å². The molecule has 0 aliphatic rings.